The van der Waals surface area contributed by atoms with Crippen molar-refractivity contribution >= 4 is 34.8 Å². The van der Waals surface area contributed by atoms with E-state index in [4.69, 9.17) is 16.6 Å². The van der Waals surface area contributed by atoms with Crippen LogP contribution in [-0.4, -0.2) is 49.1 Å². The molecule has 0 radical (unpaired) electrons. The van der Waals surface area contributed by atoms with Crippen molar-refractivity contribution in [3.63, 3.8) is 0 Å². The topological polar surface area (TPSA) is 161 Å². The van der Waals surface area contributed by atoms with Crippen LogP contribution >= 0.6 is 11.8 Å². The number of carbonyl (C=O) groups is 1. The van der Waals surface area contributed by atoms with E-state index in [1.165, 1.54) is 12.4 Å². The van der Waals surface area contributed by atoms with Gasteiger partial charge in [0, 0.05) is 12.4 Å². The average molecular weight is 312 g/mol. The Morgan fingerprint density at radius 3 is 2.76 bits per heavy atom. The molecule has 0 amide bonds. The molecule has 21 heavy (non-hydrogen) atoms. The maximum atomic E-state index is 11.1. The van der Waals surface area contributed by atoms with E-state index in [-0.39, 0.29) is 22.7 Å². The fraction of sp³-hybridized carbons (Fsp3) is 0.364. The van der Waals surface area contributed by atoms with Crippen molar-refractivity contribution < 1.29 is 9.90 Å². The van der Waals surface area contributed by atoms with Crippen LogP contribution in [0.5, 0.6) is 0 Å². The number of nitrogens with two attached hydrogens (primary N) is 2. The third kappa shape index (κ3) is 5.36. The lowest BCUT2D eigenvalue weighted by molar-refractivity contribution is -0.138. The maximum Gasteiger partial charge on any atom is 0.320 e. The van der Waals surface area contributed by atoms with E-state index < -0.39 is 12.0 Å². The summed E-state index contributed by atoms with van der Waals surface area (Å²) >= 11 is 1.60. The SMILES string of the molecule is CSCCC(N)C(=O)O.Nc1nc2nccnc2c(=O)[nH]1. The van der Waals surface area contributed by atoms with Crippen LogP contribution < -0.4 is 17.0 Å². The van der Waals surface area contributed by atoms with Gasteiger partial charge in [0.05, 0.1) is 0 Å². The Bertz CT molecular complexity index is 662. The minimum atomic E-state index is -0.913. The highest BCUT2D eigenvalue weighted by Crippen LogP contribution is 1.98. The van der Waals surface area contributed by atoms with Gasteiger partial charge in [-0.3, -0.25) is 14.6 Å². The van der Waals surface area contributed by atoms with E-state index in [1.807, 2.05) is 6.26 Å². The summed E-state index contributed by atoms with van der Waals surface area (Å²) in [5.74, 6) is -0.0509. The number of hydrogen-bond acceptors (Lipinski definition) is 8. The molecule has 9 nitrogen and oxygen atoms in total. The Kier molecular flexibility index (Phi) is 6.56. The van der Waals surface area contributed by atoms with Crippen molar-refractivity contribution in [3.8, 4) is 0 Å². The molecule has 2 heterocycles. The van der Waals surface area contributed by atoms with E-state index in [9.17, 15) is 9.59 Å². The zero-order valence-electron chi connectivity index (χ0n) is 11.3. The number of hydrogen-bond donors (Lipinski definition) is 4. The van der Waals surface area contributed by atoms with E-state index >= 15 is 0 Å². The van der Waals surface area contributed by atoms with Crippen LogP contribution in [0.4, 0.5) is 5.95 Å². The Labute approximate surface area is 124 Å². The first-order valence-corrected chi connectivity index (χ1v) is 7.29. The lowest BCUT2D eigenvalue weighted by atomic mass is 10.2. The highest BCUT2D eigenvalue weighted by Gasteiger charge is 2.09. The Morgan fingerprint density at radius 2 is 2.14 bits per heavy atom. The second-order valence-electron chi connectivity index (χ2n) is 3.91. The lowest BCUT2D eigenvalue weighted by Crippen LogP contribution is -2.30. The molecule has 0 bridgehead atoms. The molecule has 6 N–H and O–H groups in total. The summed E-state index contributed by atoms with van der Waals surface area (Å²) in [5, 5.41) is 8.27. The van der Waals surface area contributed by atoms with Gasteiger partial charge in [-0.1, -0.05) is 0 Å². The summed E-state index contributed by atoms with van der Waals surface area (Å²) in [7, 11) is 0. The number of thioether (sulfide) groups is 1. The zero-order valence-corrected chi connectivity index (χ0v) is 12.1. The van der Waals surface area contributed by atoms with Crippen molar-refractivity contribution in [2.24, 2.45) is 5.73 Å². The van der Waals surface area contributed by atoms with Gasteiger partial charge in [-0.25, -0.2) is 9.97 Å². The van der Waals surface area contributed by atoms with Gasteiger partial charge < -0.3 is 16.6 Å². The van der Waals surface area contributed by atoms with E-state index in [2.05, 4.69) is 19.9 Å². The quantitative estimate of drug-likeness (QED) is 0.580. The number of aliphatic carboxylic acids is 1. The third-order valence-electron chi connectivity index (χ3n) is 2.31. The highest BCUT2D eigenvalue weighted by atomic mass is 32.2. The lowest BCUT2D eigenvalue weighted by Gasteiger charge is -2.02. The molecule has 114 valence electrons. The molecule has 2 aromatic rings. The summed E-state index contributed by atoms with van der Waals surface area (Å²) < 4.78 is 0. The number of nitrogens with zero attached hydrogens (tertiary/aromatic N) is 3. The smallest absolute Gasteiger partial charge is 0.320 e. The van der Waals surface area contributed by atoms with Crippen LogP contribution in [0.1, 0.15) is 6.42 Å². The molecule has 1 unspecified atom stereocenters. The minimum Gasteiger partial charge on any atom is -0.480 e. The summed E-state index contributed by atoms with van der Waals surface area (Å²) in [6.07, 6.45) is 5.36. The molecular formula is C11H16N6O3S. The summed E-state index contributed by atoms with van der Waals surface area (Å²) in [6, 6.07) is -0.683. The first kappa shape index (κ1) is 16.9. The van der Waals surface area contributed by atoms with Gasteiger partial charge in [0.2, 0.25) is 5.95 Å². The van der Waals surface area contributed by atoms with Crippen LogP contribution in [0.25, 0.3) is 11.2 Å². The molecule has 0 saturated carbocycles. The number of rotatable bonds is 4. The van der Waals surface area contributed by atoms with Crippen LogP contribution in [-0.2, 0) is 4.79 Å². The molecule has 0 aliphatic carbocycles. The van der Waals surface area contributed by atoms with Crippen LogP contribution in [0.15, 0.2) is 17.2 Å². The number of nitrogen functional groups attached to an aromatic ring is 1. The Balaban J connectivity index is 0.000000222. The summed E-state index contributed by atoms with van der Waals surface area (Å²) in [6.45, 7) is 0. The highest BCUT2D eigenvalue weighted by molar-refractivity contribution is 7.98. The molecule has 0 aromatic carbocycles. The number of carboxylic acids is 1. The molecule has 2 rings (SSSR count). The largest absolute Gasteiger partial charge is 0.480 e. The summed E-state index contributed by atoms with van der Waals surface area (Å²) in [4.78, 5) is 34.9. The summed E-state index contributed by atoms with van der Waals surface area (Å²) in [5.41, 5.74) is 10.6. The predicted octanol–water partition coefficient (Wildman–Crippen LogP) is -0.553. The van der Waals surface area contributed by atoms with Crippen LogP contribution in [0.2, 0.25) is 0 Å². The molecule has 0 spiro atoms. The standard InChI is InChI=1S/C6H5N5O.C5H11NO2S/c7-6-10-4-3(5(12)11-6)8-1-2-9-4;1-9-3-2-4(6)5(7)8/h1-2H,(H3,7,9,10,11,12);4H,2-3,6H2,1H3,(H,7,8). The Hall–Kier alpha value is -2.20. The van der Waals surface area contributed by atoms with Crippen LogP contribution in [0, 0.1) is 0 Å². The van der Waals surface area contributed by atoms with Crippen molar-refractivity contribution in [1.82, 2.24) is 19.9 Å². The molecule has 1 atom stereocenters. The molecule has 0 fully saturated rings. The van der Waals surface area contributed by atoms with Crippen molar-refractivity contribution in [1.29, 1.82) is 0 Å². The van der Waals surface area contributed by atoms with Crippen LogP contribution in [0.3, 0.4) is 0 Å². The van der Waals surface area contributed by atoms with E-state index in [0.29, 0.717) is 6.42 Å². The third-order valence-corrected chi connectivity index (χ3v) is 2.96. The maximum absolute atomic E-state index is 11.1. The van der Waals surface area contributed by atoms with Crippen molar-refractivity contribution in [2.75, 3.05) is 17.7 Å². The minimum absolute atomic E-state index is 0.0491. The average Bonchev–Trinajstić information content (AvgIpc) is 2.45. The van der Waals surface area contributed by atoms with Gasteiger partial charge in [0.1, 0.15) is 6.04 Å². The van der Waals surface area contributed by atoms with E-state index in [0.717, 1.165) is 5.75 Å². The molecule has 0 saturated heterocycles. The van der Waals surface area contributed by atoms with Gasteiger partial charge >= 0.3 is 5.97 Å². The van der Waals surface area contributed by atoms with Gasteiger partial charge in [-0.05, 0) is 18.4 Å². The number of nitrogens with one attached hydrogen (secondary N) is 1. The molecule has 0 aliphatic rings. The molecule has 2 aromatic heterocycles. The number of carboxylic acid groups (broad SMARTS) is 1. The van der Waals surface area contributed by atoms with Crippen molar-refractivity contribution in [2.45, 2.75) is 12.5 Å². The fourth-order valence-corrected chi connectivity index (χ4v) is 1.75. The van der Waals surface area contributed by atoms with Gasteiger partial charge in [-0.2, -0.15) is 16.7 Å². The van der Waals surface area contributed by atoms with Crippen molar-refractivity contribution in [3.05, 3.63) is 22.7 Å². The first-order chi connectivity index (χ1) is 9.95. The van der Waals surface area contributed by atoms with Gasteiger partial charge in [0.15, 0.2) is 11.2 Å². The Morgan fingerprint density at radius 1 is 1.48 bits per heavy atom. The number of aromatic nitrogens is 4. The molecule has 10 heteroatoms. The second kappa shape index (κ2) is 8.17. The molecular weight excluding hydrogens is 296 g/mol. The predicted molar refractivity (Wildman–Crippen MR) is 81.0 cm³/mol. The van der Waals surface area contributed by atoms with Gasteiger partial charge in [-0.15, -0.1) is 0 Å². The monoisotopic (exact) mass is 312 g/mol. The zero-order chi connectivity index (χ0) is 15.8. The number of anilines is 1. The first-order valence-electron chi connectivity index (χ1n) is 5.89. The second-order valence-corrected chi connectivity index (χ2v) is 4.89. The fourth-order valence-electron chi connectivity index (χ4n) is 1.26. The normalized spacial score (nSPS) is 11.5. The molecule has 0 aliphatic heterocycles. The number of fused-ring (bicyclic) bond motifs is 1. The van der Waals surface area contributed by atoms with Gasteiger partial charge in [0.25, 0.3) is 5.56 Å². The van der Waals surface area contributed by atoms with E-state index in [1.54, 1.807) is 11.8 Å². The number of H-pyrrole nitrogens is 1. The number of aromatic amines is 1.